The van der Waals surface area contributed by atoms with Crippen molar-refractivity contribution in [2.45, 2.75) is 13.5 Å². The highest BCUT2D eigenvalue weighted by molar-refractivity contribution is 5.81. The average molecular weight is 265 g/mol. The van der Waals surface area contributed by atoms with Gasteiger partial charge in [0, 0.05) is 5.39 Å². The van der Waals surface area contributed by atoms with Crippen molar-refractivity contribution < 1.29 is 9.84 Å². The Morgan fingerprint density at radius 3 is 2.65 bits per heavy atom. The number of para-hydroxylation sites is 1. The first-order valence-electron chi connectivity index (χ1n) is 6.49. The molecule has 1 aromatic heterocycles. The third-order valence-electron chi connectivity index (χ3n) is 3.19. The van der Waals surface area contributed by atoms with Crippen LogP contribution in [0.4, 0.5) is 0 Å². The molecule has 0 aliphatic carbocycles. The number of ether oxygens (including phenoxy) is 1. The quantitative estimate of drug-likeness (QED) is 0.782. The van der Waals surface area contributed by atoms with Crippen LogP contribution in [0.15, 0.2) is 54.6 Å². The van der Waals surface area contributed by atoms with Crippen molar-refractivity contribution in [2.75, 3.05) is 0 Å². The molecular formula is C17H15NO2. The van der Waals surface area contributed by atoms with E-state index >= 15 is 0 Å². The summed E-state index contributed by atoms with van der Waals surface area (Å²) in [6.45, 7) is 2.29. The molecule has 3 aromatic rings. The Balaban J connectivity index is 1.84. The summed E-state index contributed by atoms with van der Waals surface area (Å²) in [6.07, 6.45) is 0. The minimum atomic E-state index is 0.221. The first-order valence-corrected chi connectivity index (χ1v) is 6.49. The molecule has 1 heterocycles. The Morgan fingerprint density at radius 2 is 1.85 bits per heavy atom. The van der Waals surface area contributed by atoms with Gasteiger partial charge in [-0.1, -0.05) is 24.3 Å². The standard InChI is InChI=1S/C17H15NO2/c1-12-17(19)10-14-9-13(7-8-16(14)18-12)11-20-15-5-3-2-4-6-15/h2-10,19H,11H2,1H3. The Morgan fingerprint density at radius 1 is 1.05 bits per heavy atom. The van der Waals surface area contributed by atoms with Crippen LogP contribution in [-0.2, 0) is 6.61 Å². The number of aromatic nitrogens is 1. The van der Waals surface area contributed by atoms with Crippen LogP contribution in [0.1, 0.15) is 11.3 Å². The summed E-state index contributed by atoms with van der Waals surface area (Å²) in [6, 6.07) is 17.4. The van der Waals surface area contributed by atoms with Crippen LogP contribution >= 0.6 is 0 Å². The van der Waals surface area contributed by atoms with Crippen LogP contribution < -0.4 is 4.74 Å². The van der Waals surface area contributed by atoms with Gasteiger partial charge in [-0.25, -0.2) is 4.98 Å². The van der Waals surface area contributed by atoms with Gasteiger partial charge in [0.05, 0.1) is 11.2 Å². The van der Waals surface area contributed by atoms with E-state index in [-0.39, 0.29) is 5.75 Å². The van der Waals surface area contributed by atoms with Crippen LogP contribution in [0, 0.1) is 6.92 Å². The van der Waals surface area contributed by atoms with E-state index in [1.165, 1.54) is 0 Å². The van der Waals surface area contributed by atoms with Crippen LogP contribution in [-0.4, -0.2) is 10.1 Å². The lowest BCUT2D eigenvalue weighted by Gasteiger charge is -2.08. The minimum absolute atomic E-state index is 0.221. The molecule has 0 amide bonds. The first kappa shape index (κ1) is 12.5. The Hall–Kier alpha value is -2.55. The van der Waals surface area contributed by atoms with Crippen molar-refractivity contribution >= 4 is 10.9 Å². The number of aromatic hydroxyl groups is 1. The van der Waals surface area contributed by atoms with Crippen LogP contribution in [0.2, 0.25) is 0 Å². The van der Waals surface area contributed by atoms with E-state index in [1.807, 2.05) is 48.5 Å². The molecule has 1 N–H and O–H groups in total. The zero-order valence-corrected chi connectivity index (χ0v) is 11.2. The number of benzene rings is 2. The van der Waals surface area contributed by atoms with Gasteiger partial charge in [-0.15, -0.1) is 0 Å². The number of aryl methyl sites for hydroxylation is 1. The molecule has 3 heteroatoms. The molecule has 100 valence electrons. The highest BCUT2D eigenvalue weighted by atomic mass is 16.5. The second-order valence-electron chi connectivity index (χ2n) is 4.72. The molecule has 0 saturated heterocycles. The van der Waals surface area contributed by atoms with Crippen LogP contribution in [0.5, 0.6) is 11.5 Å². The first-order chi connectivity index (χ1) is 9.72. The number of rotatable bonds is 3. The zero-order valence-electron chi connectivity index (χ0n) is 11.2. The molecule has 2 aromatic carbocycles. The number of pyridine rings is 1. The molecule has 0 bridgehead atoms. The van der Waals surface area contributed by atoms with Crippen LogP contribution in [0.25, 0.3) is 10.9 Å². The second-order valence-corrected chi connectivity index (χ2v) is 4.72. The van der Waals surface area contributed by atoms with Crippen molar-refractivity contribution in [2.24, 2.45) is 0 Å². The molecule has 0 atom stereocenters. The van der Waals surface area contributed by atoms with Gasteiger partial charge >= 0.3 is 0 Å². The van der Waals surface area contributed by atoms with Gasteiger partial charge in [0.25, 0.3) is 0 Å². The Labute approximate surface area is 117 Å². The molecule has 0 radical (unpaired) electrons. The molecule has 3 rings (SSSR count). The number of nitrogens with zero attached hydrogens (tertiary/aromatic N) is 1. The number of hydrogen-bond acceptors (Lipinski definition) is 3. The lowest BCUT2D eigenvalue weighted by molar-refractivity contribution is 0.306. The van der Waals surface area contributed by atoms with E-state index in [9.17, 15) is 5.11 Å². The molecule has 0 saturated carbocycles. The van der Waals surface area contributed by atoms with Gasteiger partial charge in [-0.2, -0.15) is 0 Å². The monoisotopic (exact) mass is 265 g/mol. The maximum Gasteiger partial charge on any atom is 0.137 e. The fourth-order valence-corrected chi connectivity index (χ4v) is 2.08. The number of fused-ring (bicyclic) bond motifs is 1. The molecule has 0 unspecified atom stereocenters. The van der Waals surface area contributed by atoms with E-state index in [0.717, 1.165) is 22.2 Å². The SMILES string of the molecule is Cc1nc2ccc(COc3ccccc3)cc2cc1O. The van der Waals surface area contributed by atoms with Crippen molar-refractivity contribution in [3.63, 3.8) is 0 Å². The maximum atomic E-state index is 9.72. The predicted octanol–water partition coefficient (Wildman–Crippen LogP) is 3.83. The van der Waals surface area contributed by atoms with E-state index in [4.69, 9.17) is 4.74 Å². The summed E-state index contributed by atoms with van der Waals surface area (Å²) in [5.41, 5.74) is 2.57. The van der Waals surface area contributed by atoms with E-state index in [2.05, 4.69) is 4.98 Å². The van der Waals surface area contributed by atoms with Gasteiger partial charge in [0.2, 0.25) is 0 Å². The molecular weight excluding hydrogens is 250 g/mol. The summed E-state index contributed by atoms with van der Waals surface area (Å²) in [5.74, 6) is 1.07. The second kappa shape index (κ2) is 5.21. The molecule has 0 fully saturated rings. The lowest BCUT2D eigenvalue weighted by atomic mass is 10.1. The van der Waals surface area contributed by atoms with Gasteiger partial charge in [0.1, 0.15) is 18.1 Å². The van der Waals surface area contributed by atoms with E-state index < -0.39 is 0 Å². The third-order valence-corrected chi connectivity index (χ3v) is 3.19. The summed E-state index contributed by atoms with van der Waals surface area (Å²) >= 11 is 0. The van der Waals surface area contributed by atoms with E-state index in [1.54, 1.807) is 13.0 Å². The molecule has 0 spiro atoms. The third kappa shape index (κ3) is 2.57. The Kier molecular flexibility index (Phi) is 3.25. The van der Waals surface area contributed by atoms with E-state index in [0.29, 0.717) is 12.3 Å². The predicted molar refractivity (Wildman–Crippen MR) is 78.9 cm³/mol. The highest BCUT2D eigenvalue weighted by Crippen LogP contribution is 2.22. The summed E-state index contributed by atoms with van der Waals surface area (Å²) in [5, 5.41) is 10.6. The van der Waals surface area contributed by atoms with Crippen molar-refractivity contribution in [1.82, 2.24) is 4.98 Å². The smallest absolute Gasteiger partial charge is 0.137 e. The lowest BCUT2D eigenvalue weighted by Crippen LogP contribution is -1.95. The van der Waals surface area contributed by atoms with Gasteiger partial charge < -0.3 is 9.84 Å². The molecule has 0 aliphatic heterocycles. The normalized spacial score (nSPS) is 10.7. The van der Waals surface area contributed by atoms with Crippen molar-refractivity contribution in [3.05, 3.63) is 65.9 Å². The molecule has 3 nitrogen and oxygen atoms in total. The number of hydrogen-bond donors (Lipinski definition) is 1. The molecule has 20 heavy (non-hydrogen) atoms. The minimum Gasteiger partial charge on any atom is -0.506 e. The average Bonchev–Trinajstić information content (AvgIpc) is 2.47. The van der Waals surface area contributed by atoms with Gasteiger partial charge in [0.15, 0.2) is 0 Å². The molecule has 0 aliphatic rings. The van der Waals surface area contributed by atoms with Crippen molar-refractivity contribution in [1.29, 1.82) is 0 Å². The van der Waals surface area contributed by atoms with Crippen molar-refractivity contribution in [3.8, 4) is 11.5 Å². The topological polar surface area (TPSA) is 42.4 Å². The largest absolute Gasteiger partial charge is 0.506 e. The van der Waals surface area contributed by atoms with Gasteiger partial charge in [-0.3, -0.25) is 0 Å². The fraction of sp³-hybridized carbons (Fsp3) is 0.118. The zero-order chi connectivity index (χ0) is 13.9. The van der Waals surface area contributed by atoms with Crippen LogP contribution in [0.3, 0.4) is 0 Å². The highest BCUT2D eigenvalue weighted by Gasteiger charge is 2.03. The summed E-state index contributed by atoms with van der Waals surface area (Å²) in [7, 11) is 0. The Bertz CT molecular complexity index is 739. The summed E-state index contributed by atoms with van der Waals surface area (Å²) < 4.78 is 5.71. The van der Waals surface area contributed by atoms with Gasteiger partial charge in [-0.05, 0) is 42.8 Å². The summed E-state index contributed by atoms with van der Waals surface area (Å²) in [4.78, 5) is 4.34. The maximum absolute atomic E-state index is 9.72. The fourth-order valence-electron chi connectivity index (χ4n) is 2.08.